The van der Waals surface area contributed by atoms with Gasteiger partial charge in [0.15, 0.2) is 5.84 Å². The second-order valence-electron chi connectivity index (χ2n) is 9.68. The SMILES string of the molecule is CCOC(=O)c1cc2cc([C@H]3CCOC4(CC4)C3)ccc2n1[C@@]1(C2=NC(O)ON2)C[C@@H]1C. The van der Waals surface area contributed by atoms with Crippen molar-refractivity contribution in [2.45, 2.75) is 69.4 Å². The number of hydrogen-bond acceptors (Lipinski definition) is 7. The van der Waals surface area contributed by atoms with Crippen LogP contribution in [0.25, 0.3) is 10.9 Å². The second kappa shape index (κ2) is 7.04. The number of aliphatic hydroxyl groups is 1. The van der Waals surface area contributed by atoms with Gasteiger partial charge in [0.2, 0.25) is 0 Å². The van der Waals surface area contributed by atoms with E-state index >= 15 is 0 Å². The lowest BCUT2D eigenvalue weighted by atomic mass is 9.87. The fraction of sp³-hybridized carbons (Fsp3) is 0.583. The van der Waals surface area contributed by atoms with Crippen LogP contribution >= 0.6 is 0 Å². The van der Waals surface area contributed by atoms with Crippen molar-refractivity contribution in [2.24, 2.45) is 10.9 Å². The molecule has 0 amide bonds. The molecule has 1 unspecified atom stereocenters. The number of rotatable bonds is 5. The Balaban J connectivity index is 1.46. The number of aliphatic hydroxyl groups excluding tert-OH is 1. The molecule has 170 valence electrons. The van der Waals surface area contributed by atoms with Crippen LogP contribution in [0.15, 0.2) is 29.3 Å². The minimum absolute atomic E-state index is 0.112. The Morgan fingerprint density at radius 3 is 2.81 bits per heavy atom. The van der Waals surface area contributed by atoms with Gasteiger partial charge in [0, 0.05) is 17.5 Å². The molecule has 2 saturated carbocycles. The number of aromatic nitrogens is 1. The lowest BCUT2D eigenvalue weighted by Crippen LogP contribution is -2.38. The van der Waals surface area contributed by atoms with Crippen molar-refractivity contribution in [2.75, 3.05) is 13.2 Å². The molecule has 2 N–H and O–H groups in total. The fourth-order valence-corrected chi connectivity index (χ4v) is 5.70. The topological polar surface area (TPSA) is 94.3 Å². The number of nitrogens with one attached hydrogen (secondary N) is 1. The maximum absolute atomic E-state index is 13.0. The van der Waals surface area contributed by atoms with Gasteiger partial charge in [-0.25, -0.2) is 20.1 Å². The fourth-order valence-electron chi connectivity index (χ4n) is 5.70. The third kappa shape index (κ3) is 3.00. The Morgan fingerprint density at radius 2 is 2.16 bits per heavy atom. The van der Waals surface area contributed by atoms with E-state index in [2.05, 4.69) is 35.6 Å². The van der Waals surface area contributed by atoms with Crippen molar-refractivity contribution < 1.29 is 24.2 Å². The lowest BCUT2D eigenvalue weighted by Gasteiger charge is -2.30. The lowest BCUT2D eigenvalue weighted by molar-refractivity contribution is -0.103. The van der Waals surface area contributed by atoms with Crippen molar-refractivity contribution in [3.05, 3.63) is 35.5 Å². The van der Waals surface area contributed by atoms with Crippen LogP contribution in [0.4, 0.5) is 0 Å². The molecule has 8 heteroatoms. The Hall–Kier alpha value is -2.42. The van der Waals surface area contributed by atoms with Crippen molar-refractivity contribution >= 4 is 22.7 Å². The largest absolute Gasteiger partial charge is 0.461 e. The average Bonchev–Trinajstić information content (AvgIpc) is 3.55. The van der Waals surface area contributed by atoms with Gasteiger partial charge >= 0.3 is 5.97 Å². The van der Waals surface area contributed by atoms with Gasteiger partial charge in [-0.2, -0.15) is 0 Å². The first kappa shape index (κ1) is 20.2. The van der Waals surface area contributed by atoms with Crippen LogP contribution in [0.1, 0.15) is 67.9 Å². The number of carbonyl (C=O) groups excluding carboxylic acids is 1. The predicted octanol–water partition coefficient (Wildman–Crippen LogP) is 3.19. The van der Waals surface area contributed by atoms with Gasteiger partial charge in [-0.1, -0.05) is 13.0 Å². The van der Waals surface area contributed by atoms with E-state index in [1.165, 1.54) is 18.4 Å². The predicted molar refractivity (Wildman–Crippen MR) is 117 cm³/mol. The van der Waals surface area contributed by atoms with E-state index in [1.807, 2.05) is 17.6 Å². The van der Waals surface area contributed by atoms with Crippen LogP contribution < -0.4 is 5.48 Å². The zero-order chi connectivity index (χ0) is 22.1. The quantitative estimate of drug-likeness (QED) is 0.695. The standard InChI is InChI=1S/C24H29N3O5/c1-3-30-20(28)19-11-17-10-15(16-6-9-31-23(13-16)7-8-23)4-5-18(17)27(19)24(12-14(24)2)21-25-22(29)32-26-21/h4-5,10-11,14,16,22,29H,3,6-9,12-13H2,1-2H3,(H,25,26)/t14-,16-,22?,24-/m0/s1. The average molecular weight is 440 g/mol. The van der Waals surface area contributed by atoms with E-state index in [4.69, 9.17) is 14.3 Å². The van der Waals surface area contributed by atoms with Gasteiger partial charge in [0.1, 0.15) is 11.2 Å². The van der Waals surface area contributed by atoms with Crippen LogP contribution in [-0.2, 0) is 19.9 Å². The molecule has 1 aromatic heterocycles. The zero-order valence-corrected chi connectivity index (χ0v) is 18.5. The molecule has 2 aliphatic carbocycles. The summed E-state index contributed by atoms with van der Waals surface area (Å²) in [5.41, 5.74) is 5.08. The van der Waals surface area contributed by atoms with E-state index in [0.29, 0.717) is 24.1 Å². The normalized spacial score (nSPS) is 32.6. The first-order chi connectivity index (χ1) is 15.5. The number of hydroxylamine groups is 1. The first-order valence-corrected chi connectivity index (χ1v) is 11.6. The molecule has 4 atom stereocenters. The minimum atomic E-state index is -1.24. The molecule has 2 aromatic rings. The summed E-state index contributed by atoms with van der Waals surface area (Å²) in [4.78, 5) is 22.3. The molecule has 1 aromatic carbocycles. The van der Waals surface area contributed by atoms with Gasteiger partial charge in [-0.05, 0) is 74.6 Å². The highest BCUT2D eigenvalue weighted by atomic mass is 16.7. The molecule has 0 bridgehead atoms. The van der Waals surface area contributed by atoms with Crippen LogP contribution in [0.2, 0.25) is 0 Å². The number of esters is 1. The number of amidine groups is 1. The summed E-state index contributed by atoms with van der Waals surface area (Å²) >= 11 is 0. The molecular formula is C24H29N3O5. The molecular weight excluding hydrogens is 410 g/mol. The third-order valence-corrected chi connectivity index (χ3v) is 7.66. The Kier molecular flexibility index (Phi) is 4.44. The van der Waals surface area contributed by atoms with Crippen molar-refractivity contribution in [1.82, 2.24) is 10.0 Å². The van der Waals surface area contributed by atoms with Crippen LogP contribution in [0.3, 0.4) is 0 Å². The smallest absolute Gasteiger partial charge is 0.355 e. The molecule has 1 saturated heterocycles. The maximum Gasteiger partial charge on any atom is 0.355 e. The zero-order valence-electron chi connectivity index (χ0n) is 18.5. The summed E-state index contributed by atoms with van der Waals surface area (Å²) in [5, 5.41) is 10.8. The number of hydrogen-bond donors (Lipinski definition) is 2. The molecule has 1 spiro atoms. The van der Waals surface area contributed by atoms with Gasteiger partial charge in [-0.15, -0.1) is 0 Å². The molecule has 8 nitrogen and oxygen atoms in total. The highest BCUT2D eigenvalue weighted by Gasteiger charge is 2.60. The molecule has 3 heterocycles. The molecule has 0 radical (unpaired) electrons. The number of carbonyl (C=O) groups is 1. The van der Waals surface area contributed by atoms with Gasteiger partial charge in [0.25, 0.3) is 6.41 Å². The number of nitrogens with zero attached hydrogens (tertiary/aromatic N) is 2. The van der Waals surface area contributed by atoms with Gasteiger partial charge in [-0.3, -0.25) is 0 Å². The molecule has 2 aliphatic heterocycles. The van der Waals surface area contributed by atoms with E-state index in [1.54, 1.807) is 0 Å². The monoisotopic (exact) mass is 439 g/mol. The van der Waals surface area contributed by atoms with Crippen LogP contribution in [0, 0.1) is 5.92 Å². The second-order valence-corrected chi connectivity index (χ2v) is 9.68. The minimum Gasteiger partial charge on any atom is -0.461 e. The number of fused-ring (bicyclic) bond motifs is 1. The maximum atomic E-state index is 13.0. The summed E-state index contributed by atoms with van der Waals surface area (Å²) < 4.78 is 13.5. The third-order valence-electron chi connectivity index (χ3n) is 7.66. The van der Waals surface area contributed by atoms with E-state index in [0.717, 1.165) is 36.8 Å². The first-order valence-electron chi connectivity index (χ1n) is 11.6. The number of ether oxygens (including phenoxy) is 2. The Morgan fingerprint density at radius 1 is 1.34 bits per heavy atom. The van der Waals surface area contributed by atoms with Crippen molar-refractivity contribution in [1.29, 1.82) is 0 Å². The van der Waals surface area contributed by atoms with Crippen molar-refractivity contribution in [3.63, 3.8) is 0 Å². The van der Waals surface area contributed by atoms with Crippen molar-refractivity contribution in [3.8, 4) is 0 Å². The summed E-state index contributed by atoms with van der Waals surface area (Å²) in [6.45, 7) is 5.04. The molecule has 32 heavy (non-hydrogen) atoms. The Labute approximate surface area is 186 Å². The van der Waals surface area contributed by atoms with Gasteiger partial charge < -0.3 is 19.1 Å². The van der Waals surface area contributed by atoms with E-state index in [-0.39, 0.29) is 17.5 Å². The van der Waals surface area contributed by atoms with E-state index in [9.17, 15) is 9.90 Å². The molecule has 6 rings (SSSR count). The number of benzene rings is 1. The highest BCUT2D eigenvalue weighted by molar-refractivity contribution is 6.01. The Bertz CT molecular complexity index is 1120. The number of aliphatic imine (C=N–C) groups is 1. The van der Waals surface area contributed by atoms with Crippen LogP contribution in [0.5, 0.6) is 0 Å². The summed E-state index contributed by atoms with van der Waals surface area (Å²) in [6.07, 6.45) is 3.97. The highest BCUT2D eigenvalue weighted by Crippen LogP contribution is 2.54. The molecule has 3 fully saturated rings. The molecule has 4 aliphatic rings. The van der Waals surface area contributed by atoms with E-state index < -0.39 is 12.0 Å². The summed E-state index contributed by atoms with van der Waals surface area (Å²) in [7, 11) is 0. The summed E-state index contributed by atoms with van der Waals surface area (Å²) in [6, 6.07) is 8.46. The summed E-state index contributed by atoms with van der Waals surface area (Å²) in [5.74, 6) is 0.885. The van der Waals surface area contributed by atoms with Crippen LogP contribution in [-0.4, -0.2) is 46.7 Å². The van der Waals surface area contributed by atoms with Gasteiger partial charge in [0.05, 0.1) is 12.2 Å².